The van der Waals surface area contributed by atoms with Crippen LogP contribution in [0.5, 0.6) is 0 Å². The molecule has 0 aromatic carbocycles. The average Bonchev–Trinajstić information content (AvgIpc) is 2.46. The number of hydrogen-bond donors (Lipinski definition) is 1. The lowest BCUT2D eigenvalue weighted by atomic mass is 10.4. The van der Waals surface area contributed by atoms with Crippen LogP contribution in [0.3, 0.4) is 0 Å². The smallest absolute Gasteiger partial charge is 0.343 e. The van der Waals surface area contributed by atoms with Gasteiger partial charge in [-0.05, 0) is 6.92 Å². The van der Waals surface area contributed by atoms with Crippen LogP contribution in [0.2, 0.25) is 0 Å². The fourth-order valence-electron chi connectivity index (χ4n) is 0.975. The summed E-state index contributed by atoms with van der Waals surface area (Å²) in [6, 6.07) is 0. The van der Waals surface area contributed by atoms with Crippen molar-refractivity contribution in [1.82, 2.24) is 5.06 Å². The number of amides is 2. The number of hydroxylamine groups is 2. The van der Waals surface area contributed by atoms with E-state index < -0.39 is 23.2 Å². The Morgan fingerprint density at radius 2 is 2.07 bits per heavy atom. The molecule has 0 aromatic heterocycles. The van der Waals surface area contributed by atoms with Gasteiger partial charge in [0, 0.05) is 12.8 Å². The zero-order valence-corrected chi connectivity index (χ0v) is 8.95. The first kappa shape index (κ1) is 12.0. The van der Waals surface area contributed by atoms with E-state index in [4.69, 9.17) is 5.11 Å². The van der Waals surface area contributed by atoms with Gasteiger partial charge in [0.15, 0.2) is 0 Å². The van der Waals surface area contributed by atoms with Crippen molar-refractivity contribution in [2.24, 2.45) is 0 Å². The second kappa shape index (κ2) is 5.13. The molecule has 0 radical (unpaired) electrons. The molecule has 1 atom stereocenters. The van der Waals surface area contributed by atoms with Crippen molar-refractivity contribution in [2.75, 3.05) is 5.75 Å². The Balaban J connectivity index is 2.37. The van der Waals surface area contributed by atoms with Gasteiger partial charge in [0.1, 0.15) is 0 Å². The number of nitrogens with zero attached hydrogens (tertiary/aromatic N) is 1. The Hall–Kier alpha value is -1.08. The molecule has 6 nitrogen and oxygen atoms in total. The van der Waals surface area contributed by atoms with E-state index in [0.717, 1.165) is 11.8 Å². The molecule has 1 aliphatic rings. The molecule has 0 aromatic rings. The van der Waals surface area contributed by atoms with Gasteiger partial charge in [0.2, 0.25) is 0 Å². The molecule has 2 amide bonds. The molecular weight excluding hydrogens is 222 g/mol. The molecule has 1 saturated heterocycles. The van der Waals surface area contributed by atoms with E-state index in [-0.39, 0.29) is 18.6 Å². The molecule has 7 heteroatoms. The minimum Gasteiger partial charge on any atom is -0.383 e. The standard InChI is InChI=1S/C8H11NO5S/c1-5(10)15-4-8(13)14-9-6(11)2-3-7(9)12/h5,10H,2-4H2,1H3. The molecule has 0 spiro atoms. The van der Waals surface area contributed by atoms with Gasteiger partial charge < -0.3 is 9.94 Å². The van der Waals surface area contributed by atoms with Crippen LogP contribution in [-0.4, -0.2) is 39.1 Å². The Kier molecular flexibility index (Phi) is 4.10. The summed E-state index contributed by atoms with van der Waals surface area (Å²) in [4.78, 5) is 37.7. The molecule has 15 heavy (non-hydrogen) atoms. The van der Waals surface area contributed by atoms with E-state index in [0.29, 0.717) is 5.06 Å². The third-order valence-corrected chi connectivity index (χ3v) is 2.53. The predicted octanol–water partition coefficient (Wildman–Crippen LogP) is -0.335. The predicted molar refractivity (Wildman–Crippen MR) is 51.3 cm³/mol. The number of rotatable bonds is 4. The van der Waals surface area contributed by atoms with Crippen molar-refractivity contribution in [1.29, 1.82) is 0 Å². The van der Waals surface area contributed by atoms with Gasteiger partial charge in [-0.15, -0.1) is 16.8 Å². The first-order valence-electron chi connectivity index (χ1n) is 4.37. The van der Waals surface area contributed by atoms with E-state index >= 15 is 0 Å². The highest BCUT2D eigenvalue weighted by Gasteiger charge is 2.32. The van der Waals surface area contributed by atoms with E-state index in [1.807, 2.05) is 0 Å². The van der Waals surface area contributed by atoms with E-state index in [9.17, 15) is 14.4 Å². The SMILES string of the molecule is CC(O)SCC(=O)ON1C(=O)CCC1=O. The highest BCUT2D eigenvalue weighted by Crippen LogP contribution is 2.14. The molecule has 1 heterocycles. The van der Waals surface area contributed by atoms with Gasteiger partial charge in [0.05, 0.1) is 11.2 Å². The molecule has 84 valence electrons. The van der Waals surface area contributed by atoms with Crippen LogP contribution in [0, 0.1) is 0 Å². The fraction of sp³-hybridized carbons (Fsp3) is 0.625. The van der Waals surface area contributed by atoms with Crippen molar-refractivity contribution < 1.29 is 24.3 Å². The highest BCUT2D eigenvalue weighted by atomic mass is 32.2. The Labute approximate surface area is 90.5 Å². The summed E-state index contributed by atoms with van der Waals surface area (Å²) in [5, 5.41) is 9.36. The van der Waals surface area contributed by atoms with Gasteiger partial charge in [-0.3, -0.25) is 9.59 Å². The third kappa shape index (κ3) is 3.52. The maximum absolute atomic E-state index is 11.1. The monoisotopic (exact) mass is 233 g/mol. The first-order chi connectivity index (χ1) is 7.00. The second-order valence-corrected chi connectivity index (χ2v) is 4.26. The van der Waals surface area contributed by atoms with Crippen LogP contribution in [0.25, 0.3) is 0 Å². The average molecular weight is 233 g/mol. The van der Waals surface area contributed by atoms with Crippen molar-refractivity contribution >= 4 is 29.5 Å². The number of aliphatic hydroxyl groups is 1. The highest BCUT2D eigenvalue weighted by molar-refractivity contribution is 8.00. The molecule has 0 aliphatic carbocycles. The molecule has 1 aliphatic heterocycles. The zero-order valence-electron chi connectivity index (χ0n) is 8.13. The number of thioether (sulfide) groups is 1. The molecule has 0 saturated carbocycles. The second-order valence-electron chi connectivity index (χ2n) is 2.96. The Morgan fingerprint density at radius 3 is 2.53 bits per heavy atom. The molecule has 0 bridgehead atoms. The molecule has 1 fully saturated rings. The van der Waals surface area contributed by atoms with Gasteiger partial charge in [-0.1, -0.05) is 0 Å². The maximum atomic E-state index is 11.1. The quantitative estimate of drug-likeness (QED) is 0.528. The lowest BCUT2D eigenvalue weighted by Gasteiger charge is -2.12. The Morgan fingerprint density at radius 1 is 1.53 bits per heavy atom. The summed E-state index contributed by atoms with van der Waals surface area (Å²) in [6.45, 7) is 1.50. The van der Waals surface area contributed by atoms with Gasteiger partial charge >= 0.3 is 5.97 Å². The van der Waals surface area contributed by atoms with E-state index in [1.165, 1.54) is 6.92 Å². The van der Waals surface area contributed by atoms with Gasteiger partial charge in [0.25, 0.3) is 11.8 Å². The molecule has 1 rings (SSSR count). The van der Waals surface area contributed by atoms with Crippen molar-refractivity contribution in [3.05, 3.63) is 0 Å². The summed E-state index contributed by atoms with van der Waals surface area (Å²) < 4.78 is 0. The number of carbonyl (C=O) groups excluding carboxylic acids is 3. The third-order valence-electron chi connectivity index (χ3n) is 1.64. The summed E-state index contributed by atoms with van der Waals surface area (Å²) >= 11 is 0.957. The molecule has 1 N–H and O–H groups in total. The summed E-state index contributed by atoms with van der Waals surface area (Å²) in [5.41, 5.74) is -0.692. The normalized spacial score (nSPS) is 18.1. The molecular formula is C8H11NO5S. The summed E-state index contributed by atoms with van der Waals surface area (Å²) in [5.74, 6) is -1.83. The van der Waals surface area contributed by atoms with Crippen LogP contribution in [-0.2, 0) is 19.2 Å². The zero-order chi connectivity index (χ0) is 11.4. The minimum atomic E-state index is -0.718. The summed E-state index contributed by atoms with van der Waals surface area (Å²) in [6.07, 6.45) is 0.158. The number of imide groups is 1. The van der Waals surface area contributed by atoms with Gasteiger partial charge in [-0.2, -0.15) is 0 Å². The number of carbonyl (C=O) groups is 3. The van der Waals surface area contributed by atoms with Crippen LogP contribution in [0.15, 0.2) is 0 Å². The van der Waals surface area contributed by atoms with Crippen molar-refractivity contribution in [3.8, 4) is 0 Å². The van der Waals surface area contributed by atoms with Crippen LogP contribution in [0.1, 0.15) is 19.8 Å². The van der Waals surface area contributed by atoms with Crippen LogP contribution >= 0.6 is 11.8 Å². The largest absolute Gasteiger partial charge is 0.383 e. The van der Waals surface area contributed by atoms with Crippen molar-refractivity contribution in [2.45, 2.75) is 25.2 Å². The van der Waals surface area contributed by atoms with Gasteiger partial charge in [-0.25, -0.2) is 4.79 Å². The Bertz CT molecular complexity index is 275. The minimum absolute atomic E-state index is 0.0790. The lowest BCUT2D eigenvalue weighted by molar-refractivity contribution is -0.195. The fourth-order valence-corrected chi connectivity index (χ4v) is 1.40. The summed E-state index contributed by atoms with van der Waals surface area (Å²) in [7, 11) is 0. The van der Waals surface area contributed by atoms with Crippen molar-refractivity contribution in [3.63, 3.8) is 0 Å². The lowest BCUT2D eigenvalue weighted by Crippen LogP contribution is -2.32. The maximum Gasteiger partial charge on any atom is 0.343 e. The topological polar surface area (TPSA) is 83.9 Å². The molecule has 1 unspecified atom stereocenters. The van der Waals surface area contributed by atoms with Crippen LogP contribution in [0.4, 0.5) is 0 Å². The number of aliphatic hydroxyl groups excluding tert-OH is 1. The van der Waals surface area contributed by atoms with E-state index in [1.54, 1.807) is 0 Å². The first-order valence-corrected chi connectivity index (χ1v) is 5.42. The van der Waals surface area contributed by atoms with E-state index in [2.05, 4.69) is 4.84 Å². The number of hydrogen-bond acceptors (Lipinski definition) is 6. The van der Waals surface area contributed by atoms with Crippen LogP contribution < -0.4 is 0 Å².